The lowest BCUT2D eigenvalue weighted by molar-refractivity contribution is -0.234. The van der Waals surface area contributed by atoms with Crippen LogP contribution in [0.1, 0.15) is 135 Å². The number of unbranched alkanes of at least 4 members (excludes halogenated alkanes) is 15. The Bertz CT molecular complexity index is 408. The van der Waals surface area contributed by atoms with Gasteiger partial charge in [-0.2, -0.15) is 5.26 Å². The number of hydrogen-bond acceptors (Lipinski definition) is 5. The van der Waals surface area contributed by atoms with Crippen LogP contribution in [0.25, 0.3) is 0 Å². The predicted molar refractivity (Wildman–Crippen MR) is 122 cm³/mol. The average molecular weight is 447 g/mol. The third kappa shape index (κ3) is 33.2. The molecule has 0 aromatic heterocycles. The van der Waals surface area contributed by atoms with Gasteiger partial charge >= 0.3 is 17.9 Å². The zero-order valence-electron chi connectivity index (χ0n) is 19.6. The summed E-state index contributed by atoms with van der Waals surface area (Å²) in [6, 6.07) is 0. The van der Waals surface area contributed by atoms with Crippen LogP contribution >= 0.6 is 0 Å². The molecule has 0 amide bonds. The highest BCUT2D eigenvalue weighted by Gasteiger charge is 2.01. The molecule has 0 aromatic carbocycles. The molecular formula is C24H46O7. The van der Waals surface area contributed by atoms with Crippen molar-refractivity contribution in [3.63, 3.8) is 0 Å². The summed E-state index contributed by atoms with van der Waals surface area (Å²) >= 11 is 0. The molecule has 0 atom stereocenters. The Labute approximate surface area is 188 Å². The fourth-order valence-corrected chi connectivity index (χ4v) is 3.24. The summed E-state index contributed by atoms with van der Waals surface area (Å²) in [7, 11) is 0. The highest BCUT2D eigenvalue weighted by atomic mass is 17.1. The Hall–Kier alpha value is -1.63. The number of hydrogen-bond donors (Lipinski definition) is 3. The summed E-state index contributed by atoms with van der Waals surface area (Å²) < 4.78 is 0. The van der Waals surface area contributed by atoms with E-state index in [0.29, 0.717) is 19.3 Å². The van der Waals surface area contributed by atoms with E-state index in [1.165, 1.54) is 83.5 Å². The Morgan fingerprint density at radius 2 is 0.806 bits per heavy atom. The Morgan fingerprint density at radius 3 is 1.10 bits per heavy atom. The molecule has 0 fully saturated rings. The molecule has 0 spiro atoms. The second-order valence-electron chi connectivity index (χ2n) is 8.16. The zero-order chi connectivity index (χ0) is 23.6. The van der Waals surface area contributed by atoms with Crippen LogP contribution < -0.4 is 0 Å². The van der Waals surface area contributed by atoms with Gasteiger partial charge in [0.1, 0.15) is 0 Å². The van der Waals surface area contributed by atoms with Crippen molar-refractivity contribution in [2.45, 2.75) is 135 Å². The normalized spacial score (nSPS) is 10.3. The van der Waals surface area contributed by atoms with Gasteiger partial charge in [0.25, 0.3) is 0 Å². The van der Waals surface area contributed by atoms with Crippen LogP contribution in [0.4, 0.5) is 0 Å². The quantitative estimate of drug-likeness (QED) is 0.0987. The fourth-order valence-electron chi connectivity index (χ4n) is 3.24. The van der Waals surface area contributed by atoms with Gasteiger partial charge in [-0.3, -0.25) is 9.59 Å². The van der Waals surface area contributed by atoms with Crippen LogP contribution in [0.15, 0.2) is 0 Å². The first kappa shape index (κ1) is 31.6. The van der Waals surface area contributed by atoms with Crippen LogP contribution in [0.3, 0.4) is 0 Å². The van der Waals surface area contributed by atoms with Crippen LogP contribution in [0, 0.1) is 0 Å². The van der Waals surface area contributed by atoms with E-state index in [-0.39, 0.29) is 12.8 Å². The van der Waals surface area contributed by atoms with Crippen LogP contribution in [-0.2, 0) is 19.3 Å². The third-order valence-electron chi connectivity index (χ3n) is 5.12. The first-order chi connectivity index (χ1) is 14.9. The van der Waals surface area contributed by atoms with Gasteiger partial charge < -0.3 is 15.1 Å². The molecule has 0 unspecified atom stereocenters. The molecule has 0 aromatic rings. The number of carboxylic acid groups (broad SMARTS) is 2. The minimum atomic E-state index is -0.870. The maximum absolute atomic E-state index is 10.7. The predicted octanol–water partition coefficient (Wildman–Crippen LogP) is 6.98. The van der Waals surface area contributed by atoms with Gasteiger partial charge in [0, 0.05) is 19.3 Å². The minimum absolute atomic E-state index is 0.0628. The summed E-state index contributed by atoms with van der Waals surface area (Å²) in [6.07, 6.45) is 21.0. The molecule has 0 aliphatic rings. The van der Waals surface area contributed by atoms with Crippen LogP contribution in [0.2, 0.25) is 0 Å². The highest BCUT2D eigenvalue weighted by molar-refractivity contribution is 5.68. The third-order valence-corrected chi connectivity index (χ3v) is 5.12. The summed E-state index contributed by atoms with van der Waals surface area (Å²) in [5.41, 5.74) is 0. The lowest BCUT2D eigenvalue weighted by Gasteiger charge is -2.03. The maximum Gasteiger partial charge on any atom is 0.342 e. The zero-order valence-corrected chi connectivity index (χ0v) is 19.6. The number of rotatable bonds is 21. The van der Waals surface area contributed by atoms with Gasteiger partial charge in [-0.15, -0.1) is 0 Å². The molecule has 0 heterocycles. The van der Waals surface area contributed by atoms with Crippen molar-refractivity contribution < 1.29 is 34.7 Å². The minimum Gasteiger partial charge on any atom is -0.481 e. The molecule has 31 heavy (non-hydrogen) atoms. The molecule has 0 bridgehead atoms. The number of carbonyl (C=O) groups excluding carboxylic acids is 1. The van der Waals surface area contributed by atoms with Crippen molar-refractivity contribution in [3.8, 4) is 0 Å². The van der Waals surface area contributed by atoms with Gasteiger partial charge in [-0.05, 0) is 19.3 Å². The maximum atomic E-state index is 10.7. The number of carbonyl (C=O) groups is 3. The Kier molecular flexibility index (Phi) is 26.9. The highest BCUT2D eigenvalue weighted by Crippen LogP contribution is 2.13. The van der Waals surface area contributed by atoms with Crippen LogP contribution in [-0.4, -0.2) is 33.4 Å². The van der Waals surface area contributed by atoms with Gasteiger partial charge in [0.2, 0.25) is 0 Å². The molecule has 184 valence electrons. The number of carboxylic acids is 2. The largest absolute Gasteiger partial charge is 0.481 e. The molecule has 0 rings (SSSR count). The Morgan fingerprint density at radius 1 is 0.516 bits per heavy atom. The second kappa shape index (κ2) is 26.4. The van der Waals surface area contributed by atoms with Gasteiger partial charge in [-0.25, -0.2) is 4.79 Å². The van der Waals surface area contributed by atoms with E-state index in [1.807, 2.05) is 0 Å². The monoisotopic (exact) mass is 446 g/mol. The molecule has 7 nitrogen and oxygen atoms in total. The molecule has 0 saturated heterocycles. The van der Waals surface area contributed by atoms with E-state index in [2.05, 4.69) is 11.8 Å². The van der Waals surface area contributed by atoms with Crippen molar-refractivity contribution in [2.75, 3.05) is 0 Å². The standard InChI is InChI=1S/C18H36O3.C6H10O4/c1-2-3-4-5-6-7-8-9-10-11-12-13-14-15-16-17-18(19)21-20;7-5(8)3-1-2-4-6(9)10/h20H,2-17H2,1H3;1-4H2,(H,7,8)(H,9,10). The molecule has 7 heteroatoms. The van der Waals surface area contributed by atoms with Crippen molar-refractivity contribution in [3.05, 3.63) is 0 Å². The molecule has 0 saturated carbocycles. The van der Waals surface area contributed by atoms with E-state index < -0.39 is 17.9 Å². The summed E-state index contributed by atoms with van der Waals surface area (Å²) in [6.45, 7) is 2.27. The molecule has 0 radical (unpaired) electrons. The second-order valence-corrected chi connectivity index (χ2v) is 8.16. The van der Waals surface area contributed by atoms with Gasteiger partial charge in [-0.1, -0.05) is 96.8 Å². The first-order valence-corrected chi connectivity index (χ1v) is 12.2. The van der Waals surface area contributed by atoms with E-state index >= 15 is 0 Å². The summed E-state index contributed by atoms with van der Waals surface area (Å²) in [5, 5.41) is 24.4. The average Bonchev–Trinajstić information content (AvgIpc) is 2.74. The SMILES string of the molecule is CCCCCCCCCCCCCCCCCC(=O)OO.O=C(O)CCCCC(=O)O. The smallest absolute Gasteiger partial charge is 0.342 e. The van der Waals surface area contributed by atoms with Gasteiger partial charge in [0.15, 0.2) is 0 Å². The molecule has 0 aliphatic carbocycles. The first-order valence-electron chi connectivity index (χ1n) is 12.2. The van der Waals surface area contributed by atoms with E-state index in [1.54, 1.807) is 0 Å². The van der Waals surface area contributed by atoms with Gasteiger partial charge in [0.05, 0.1) is 0 Å². The topological polar surface area (TPSA) is 121 Å². The lowest BCUT2D eigenvalue weighted by atomic mass is 10.0. The van der Waals surface area contributed by atoms with Crippen molar-refractivity contribution in [1.29, 1.82) is 0 Å². The molecule has 0 aliphatic heterocycles. The van der Waals surface area contributed by atoms with Crippen LogP contribution in [0.5, 0.6) is 0 Å². The van der Waals surface area contributed by atoms with E-state index in [0.717, 1.165) is 12.8 Å². The summed E-state index contributed by atoms with van der Waals surface area (Å²) in [5.74, 6) is -2.25. The van der Waals surface area contributed by atoms with Crippen molar-refractivity contribution >= 4 is 17.9 Å². The number of aliphatic carboxylic acids is 2. The van der Waals surface area contributed by atoms with E-state index in [9.17, 15) is 14.4 Å². The molecule has 3 N–H and O–H groups in total. The lowest BCUT2D eigenvalue weighted by Crippen LogP contribution is -1.99. The van der Waals surface area contributed by atoms with Crippen molar-refractivity contribution in [1.82, 2.24) is 0 Å². The summed E-state index contributed by atoms with van der Waals surface area (Å²) in [4.78, 5) is 34.1. The van der Waals surface area contributed by atoms with E-state index in [4.69, 9.17) is 15.5 Å². The fraction of sp³-hybridized carbons (Fsp3) is 0.875. The van der Waals surface area contributed by atoms with Crippen molar-refractivity contribution in [2.24, 2.45) is 0 Å². The molecular weight excluding hydrogens is 400 g/mol. The Balaban J connectivity index is 0.